The number of rotatable bonds is 10. The minimum Gasteiger partial charge on any atom is -0.481 e. The Hall–Kier alpha value is -3.68. The first-order chi connectivity index (χ1) is 20.7. The summed E-state index contributed by atoms with van der Waals surface area (Å²) in [6.45, 7) is 3.34. The molecule has 1 aliphatic carbocycles. The van der Waals surface area contributed by atoms with Crippen LogP contribution in [-0.2, 0) is 10.2 Å². The Labute approximate surface area is 250 Å². The number of benzene rings is 1. The largest absolute Gasteiger partial charge is 0.481 e. The SMILES string of the molecule is CCC(Oc1ccc(C(=O)NS(=O)(=O)N2CCN(C3CCCCC3)CC2)c(F)c1F)c1ccc(Oc2ccccn2)cn1. The molecule has 1 aromatic carbocycles. The minimum absolute atomic E-state index is 0.214. The van der Waals surface area contributed by atoms with Crippen LogP contribution in [0.15, 0.2) is 54.9 Å². The molecular weight excluding hydrogens is 580 g/mol. The van der Waals surface area contributed by atoms with Crippen molar-refractivity contribution in [3.63, 3.8) is 0 Å². The summed E-state index contributed by atoms with van der Waals surface area (Å²) < 4.78 is 70.3. The van der Waals surface area contributed by atoms with Crippen LogP contribution in [-0.4, -0.2) is 65.7 Å². The lowest BCUT2D eigenvalue weighted by Crippen LogP contribution is -2.55. The lowest BCUT2D eigenvalue weighted by Gasteiger charge is -2.40. The number of carbonyl (C=O) groups is 1. The first kappa shape index (κ1) is 30.8. The average Bonchev–Trinajstić information content (AvgIpc) is 3.03. The van der Waals surface area contributed by atoms with Gasteiger partial charge >= 0.3 is 10.2 Å². The van der Waals surface area contributed by atoms with Crippen LogP contribution in [0.25, 0.3) is 0 Å². The third-order valence-corrected chi connectivity index (χ3v) is 9.30. The lowest BCUT2D eigenvalue weighted by atomic mass is 9.94. The van der Waals surface area contributed by atoms with E-state index in [0.29, 0.717) is 42.9 Å². The number of hydrogen-bond acceptors (Lipinski definition) is 8. The van der Waals surface area contributed by atoms with E-state index in [9.17, 15) is 13.2 Å². The molecule has 1 N–H and O–H groups in total. The Balaban J connectivity index is 1.20. The predicted molar refractivity (Wildman–Crippen MR) is 155 cm³/mol. The van der Waals surface area contributed by atoms with E-state index in [1.165, 1.54) is 29.8 Å². The maximum absolute atomic E-state index is 15.1. The van der Waals surface area contributed by atoms with Crippen LogP contribution in [0.3, 0.4) is 0 Å². The van der Waals surface area contributed by atoms with E-state index in [-0.39, 0.29) is 13.1 Å². The number of hydrogen-bond donors (Lipinski definition) is 1. The normalized spacial score (nSPS) is 17.7. The van der Waals surface area contributed by atoms with Gasteiger partial charge in [0.05, 0.1) is 17.5 Å². The van der Waals surface area contributed by atoms with Crippen LogP contribution in [0.4, 0.5) is 8.78 Å². The molecule has 230 valence electrons. The monoisotopic (exact) mass is 615 g/mol. The van der Waals surface area contributed by atoms with E-state index < -0.39 is 45.2 Å². The van der Waals surface area contributed by atoms with Crippen LogP contribution >= 0.6 is 0 Å². The molecule has 0 radical (unpaired) electrons. The molecule has 2 aromatic heterocycles. The molecule has 1 saturated carbocycles. The zero-order valence-corrected chi connectivity index (χ0v) is 24.7. The van der Waals surface area contributed by atoms with E-state index in [2.05, 4.69) is 14.9 Å². The Morgan fingerprint density at radius 2 is 1.77 bits per heavy atom. The molecule has 1 unspecified atom stereocenters. The van der Waals surface area contributed by atoms with Crippen molar-refractivity contribution in [3.8, 4) is 17.4 Å². The molecule has 10 nitrogen and oxygen atoms in total. The summed E-state index contributed by atoms with van der Waals surface area (Å²) in [7, 11) is -4.24. The maximum atomic E-state index is 15.1. The summed E-state index contributed by atoms with van der Waals surface area (Å²) in [5.74, 6) is -3.76. The van der Waals surface area contributed by atoms with E-state index in [1.807, 2.05) is 4.72 Å². The van der Waals surface area contributed by atoms with Gasteiger partial charge in [0.25, 0.3) is 5.91 Å². The lowest BCUT2D eigenvalue weighted by molar-refractivity contribution is 0.0961. The van der Waals surface area contributed by atoms with E-state index in [4.69, 9.17) is 9.47 Å². The first-order valence-electron chi connectivity index (χ1n) is 14.5. The number of piperazine rings is 1. The molecule has 3 aromatic rings. The van der Waals surface area contributed by atoms with Crippen molar-refractivity contribution in [1.82, 2.24) is 23.9 Å². The second-order valence-corrected chi connectivity index (χ2v) is 12.3. The van der Waals surface area contributed by atoms with Gasteiger partial charge in [-0.1, -0.05) is 32.3 Å². The molecule has 0 bridgehead atoms. The zero-order chi connectivity index (χ0) is 30.4. The van der Waals surface area contributed by atoms with Gasteiger partial charge in [0, 0.05) is 44.5 Å². The highest BCUT2D eigenvalue weighted by molar-refractivity contribution is 7.87. The van der Waals surface area contributed by atoms with E-state index in [0.717, 1.165) is 25.0 Å². The summed E-state index contributed by atoms with van der Waals surface area (Å²) in [5.41, 5.74) is -0.288. The quantitative estimate of drug-likeness (QED) is 0.339. The van der Waals surface area contributed by atoms with Gasteiger partial charge in [0.1, 0.15) is 11.9 Å². The number of nitrogens with one attached hydrogen (secondary N) is 1. The fraction of sp³-hybridized carbons (Fsp3) is 0.433. The van der Waals surface area contributed by atoms with Gasteiger partial charge in [0.15, 0.2) is 11.6 Å². The predicted octanol–water partition coefficient (Wildman–Crippen LogP) is 5.00. The van der Waals surface area contributed by atoms with E-state index >= 15 is 8.78 Å². The number of nitrogens with zero attached hydrogens (tertiary/aromatic N) is 4. The van der Waals surface area contributed by atoms with Crippen LogP contribution < -0.4 is 14.2 Å². The maximum Gasteiger partial charge on any atom is 0.304 e. The number of halogens is 2. The van der Waals surface area contributed by atoms with Gasteiger partial charge < -0.3 is 9.47 Å². The van der Waals surface area contributed by atoms with Crippen molar-refractivity contribution in [1.29, 1.82) is 0 Å². The van der Waals surface area contributed by atoms with Gasteiger partial charge in [0.2, 0.25) is 11.7 Å². The first-order valence-corrected chi connectivity index (χ1v) is 15.9. The molecule has 5 rings (SSSR count). The summed E-state index contributed by atoms with van der Waals surface area (Å²) in [4.78, 5) is 23.5. The summed E-state index contributed by atoms with van der Waals surface area (Å²) in [6.07, 6.45) is 8.52. The smallest absolute Gasteiger partial charge is 0.304 e. The van der Waals surface area contributed by atoms with Crippen LogP contribution in [0.2, 0.25) is 0 Å². The standard InChI is InChI=1S/C30H35F2N5O5S/c1-2-25(24-13-11-22(20-34-24)41-27-10-6-7-15-33-27)42-26-14-12-23(28(31)29(26)32)30(38)35-43(39,40)37-18-16-36(17-19-37)21-8-4-3-5-9-21/h6-7,10-15,20-21,25H,2-5,8-9,16-19H2,1H3,(H,35,38). The average molecular weight is 616 g/mol. The van der Waals surface area contributed by atoms with Crippen LogP contribution in [0.5, 0.6) is 17.4 Å². The number of carbonyl (C=O) groups excluding carboxylic acids is 1. The third-order valence-electron chi connectivity index (χ3n) is 7.81. The Morgan fingerprint density at radius 1 is 1.00 bits per heavy atom. The van der Waals surface area contributed by atoms with Crippen LogP contribution in [0, 0.1) is 11.6 Å². The molecule has 13 heteroatoms. The van der Waals surface area contributed by atoms with Gasteiger partial charge in [-0.15, -0.1) is 0 Å². The Bertz CT molecular complexity index is 1500. The second kappa shape index (κ2) is 13.7. The molecule has 2 fully saturated rings. The van der Waals surface area contributed by atoms with Crippen LogP contribution in [0.1, 0.15) is 67.6 Å². The fourth-order valence-corrected chi connectivity index (χ4v) is 6.58. The fourth-order valence-electron chi connectivity index (χ4n) is 5.47. The Morgan fingerprint density at radius 3 is 2.42 bits per heavy atom. The molecule has 1 aliphatic heterocycles. The Kier molecular flexibility index (Phi) is 9.83. The highest BCUT2D eigenvalue weighted by Gasteiger charge is 2.32. The highest BCUT2D eigenvalue weighted by Crippen LogP contribution is 2.30. The molecule has 1 amide bonds. The summed E-state index contributed by atoms with van der Waals surface area (Å²) in [5, 5.41) is 0. The van der Waals surface area contributed by atoms with Gasteiger partial charge in [-0.25, -0.2) is 14.1 Å². The van der Waals surface area contributed by atoms with Gasteiger partial charge in [-0.2, -0.15) is 17.1 Å². The van der Waals surface area contributed by atoms with Crippen molar-refractivity contribution in [2.45, 2.75) is 57.6 Å². The topological polar surface area (TPSA) is 114 Å². The molecular formula is C30H35F2N5O5S. The highest BCUT2D eigenvalue weighted by atomic mass is 32.2. The number of ether oxygens (including phenoxy) is 2. The second-order valence-electron chi connectivity index (χ2n) is 10.6. The summed E-state index contributed by atoms with van der Waals surface area (Å²) in [6, 6.07) is 11.1. The number of pyridine rings is 2. The van der Waals surface area contributed by atoms with Crippen molar-refractivity contribution >= 4 is 16.1 Å². The minimum atomic E-state index is -4.24. The van der Waals surface area contributed by atoms with Crippen molar-refractivity contribution in [2.75, 3.05) is 26.2 Å². The summed E-state index contributed by atoms with van der Waals surface area (Å²) >= 11 is 0. The van der Waals surface area contributed by atoms with Crippen molar-refractivity contribution in [3.05, 3.63) is 77.8 Å². The molecule has 1 atom stereocenters. The molecule has 2 aliphatic rings. The third kappa shape index (κ3) is 7.46. The number of amides is 1. The van der Waals surface area contributed by atoms with Gasteiger partial charge in [-0.05, 0) is 49.6 Å². The zero-order valence-electron chi connectivity index (χ0n) is 23.9. The molecule has 1 saturated heterocycles. The van der Waals surface area contributed by atoms with Crippen molar-refractivity contribution < 1.29 is 31.5 Å². The molecule has 3 heterocycles. The van der Waals surface area contributed by atoms with E-state index in [1.54, 1.807) is 43.5 Å². The molecule has 0 spiro atoms. The molecule has 43 heavy (non-hydrogen) atoms. The van der Waals surface area contributed by atoms with Gasteiger partial charge in [-0.3, -0.25) is 14.7 Å². The van der Waals surface area contributed by atoms with Crippen molar-refractivity contribution in [2.24, 2.45) is 0 Å². The number of aromatic nitrogens is 2.